The summed E-state index contributed by atoms with van der Waals surface area (Å²) < 4.78 is 0. The minimum atomic E-state index is 0.0525. The van der Waals surface area contributed by atoms with Crippen molar-refractivity contribution in [3.05, 3.63) is 11.6 Å². The first kappa shape index (κ1) is 12.1. The van der Waals surface area contributed by atoms with Crippen LogP contribution in [-0.4, -0.2) is 11.6 Å². The van der Waals surface area contributed by atoms with Gasteiger partial charge in [0.2, 0.25) is 0 Å². The smallest absolute Gasteiger partial charge is 0.159 e. The number of rotatable bonds is 0. The average molecular weight is 246 g/mol. The highest BCUT2D eigenvalue weighted by molar-refractivity contribution is 5.98. The van der Waals surface area contributed by atoms with Crippen LogP contribution in [0.2, 0.25) is 0 Å². The fraction of sp³-hybridized carbons (Fsp3) is 0.750. The maximum atomic E-state index is 12.3. The maximum absolute atomic E-state index is 12.3. The lowest BCUT2D eigenvalue weighted by atomic mass is 9.51. The molecule has 0 aliphatic heterocycles. The van der Waals surface area contributed by atoms with E-state index in [-0.39, 0.29) is 17.6 Å². The molecule has 2 heteroatoms. The Kier molecular flexibility index (Phi) is 2.72. The first-order valence-corrected chi connectivity index (χ1v) is 7.25. The van der Waals surface area contributed by atoms with E-state index in [9.17, 15) is 9.59 Å². The van der Waals surface area contributed by atoms with Crippen LogP contribution < -0.4 is 0 Å². The van der Waals surface area contributed by atoms with Crippen LogP contribution in [0, 0.1) is 35.5 Å². The lowest BCUT2D eigenvalue weighted by molar-refractivity contribution is -0.140. The SMILES string of the molecule is CC1=CC(=O)C2C3C1C(=O)C[C@H](C)[C@H]3CC[C@@H]2C. The number of carbonyl (C=O) groups is 2. The quantitative estimate of drug-likeness (QED) is 0.658. The van der Waals surface area contributed by atoms with Gasteiger partial charge >= 0.3 is 0 Å². The predicted octanol–water partition coefficient (Wildman–Crippen LogP) is 3.02. The van der Waals surface area contributed by atoms with Crippen LogP contribution in [0.15, 0.2) is 11.6 Å². The Morgan fingerprint density at radius 1 is 1.11 bits per heavy atom. The molecule has 0 radical (unpaired) electrons. The number of allylic oxidation sites excluding steroid dienone is 2. The maximum Gasteiger partial charge on any atom is 0.159 e. The van der Waals surface area contributed by atoms with Crippen molar-refractivity contribution in [2.24, 2.45) is 35.5 Å². The van der Waals surface area contributed by atoms with Crippen LogP contribution in [0.1, 0.15) is 40.0 Å². The third-order valence-electron chi connectivity index (χ3n) is 5.65. The first-order valence-electron chi connectivity index (χ1n) is 7.25. The highest BCUT2D eigenvalue weighted by atomic mass is 16.1. The summed E-state index contributed by atoms with van der Waals surface area (Å²) in [5, 5.41) is 0. The standard InChI is InChI=1S/C16H22O2/c1-8-4-5-11-9(2)6-12(17)15-10(3)7-13(18)14(8)16(11)15/h7-9,11,14-16H,4-6H2,1-3H3/t8-,9-,11+,14?,15?,16?/m0/s1. The molecule has 0 aromatic rings. The normalized spacial score (nSPS) is 47.6. The Hall–Kier alpha value is -0.920. The van der Waals surface area contributed by atoms with E-state index < -0.39 is 0 Å². The third-order valence-corrected chi connectivity index (χ3v) is 5.65. The second-order valence-corrected chi connectivity index (χ2v) is 6.74. The number of hydrogen-bond donors (Lipinski definition) is 0. The van der Waals surface area contributed by atoms with Crippen molar-refractivity contribution in [1.29, 1.82) is 0 Å². The van der Waals surface area contributed by atoms with Crippen LogP contribution >= 0.6 is 0 Å². The number of hydrogen-bond acceptors (Lipinski definition) is 2. The van der Waals surface area contributed by atoms with E-state index in [0.717, 1.165) is 12.0 Å². The van der Waals surface area contributed by atoms with E-state index in [1.165, 1.54) is 6.42 Å². The molecule has 0 heterocycles. The minimum absolute atomic E-state index is 0.0525. The molecule has 0 spiro atoms. The Morgan fingerprint density at radius 2 is 1.83 bits per heavy atom. The van der Waals surface area contributed by atoms with Gasteiger partial charge in [-0.15, -0.1) is 0 Å². The molecule has 3 rings (SSSR count). The molecule has 2 nitrogen and oxygen atoms in total. The Balaban J connectivity index is 2.08. The molecule has 0 N–H and O–H groups in total. The highest BCUT2D eigenvalue weighted by Gasteiger charge is 2.53. The summed E-state index contributed by atoms with van der Waals surface area (Å²) in [4.78, 5) is 24.6. The molecule has 3 aliphatic carbocycles. The van der Waals surface area contributed by atoms with Gasteiger partial charge in [-0.2, -0.15) is 0 Å². The molecular weight excluding hydrogens is 224 g/mol. The molecule has 18 heavy (non-hydrogen) atoms. The molecule has 0 saturated heterocycles. The summed E-state index contributed by atoms with van der Waals surface area (Å²) in [5.74, 6) is 2.64. The fourth-order valence-electron chi connectivity index (χ4n) is 4.84. The molecule has 0 bridgehead atoms. The van der Waals surface area contributed by atoms with Crippen LogP contribution in [-0.2, 0) is 9.59 Å². The Morgan fingerprint density at radius 3 is 2.56 bits per heavy atom. The van der Waals surface area contributed by atoms with Gasteiger partial charge in [0.1, 0.15) is 5.78 Å². The largest absolute Gasteiger partial charge is 0.299 e. The topological polar surface area (TPSA) is 34.1 Å². The second-order valence-electron chi connectivity index (χ2n) is 6.74. The van der Waals surface area contributed by atoms with E-state index in [1.54, 1.807) is 6.08 Å². The lowest BCUT2D eigenvalue weighted by Crippen LogP contribution is -2.52. The monoisotopic (exact) mass is 246 g/mol. The van der Waals surface area contributed by atoms with E-state index in [1.807, 2.05) is 6.92 Å². The first-order chi connectivity index (χ1) is 8.50. The number of ketones is 2. The van der Waals surface area contributed by atoms with Gasteiger partial charge in [0.05, 0.1) is 0 Å². The number of Topliss-reactive ketones (excluding diaryl/α,β-unsaturated/α-hetero) is 1. The van der Waals surface area contributed by atoms with Gasteiger partial charge < -0.3 is 0 Å². The van der Waals surface area contributed by atoms with E-state index in [0.29, 0.717) is 35.9 Å². The fourth-order valence-corrected chi connectivity index (χ4v) is 4.84. The Bertz CT molecular complexity index is 434. The minimum Gasteiger partial charge on any atom is -0.299 e. The second kappa shape index (κ2) is 4.04. The molecule has 3 aliphatic rings. The number of carbonyl (C=O) groups excluding carboxylic acids is 2. The van der Waals surface area contributed by atoms with Crippen molar-refractivity contribution in [1.82, 2.24) is 0 Å². The van der Waals surface area contributed by atoms with E-state index >= 15 is 0 Å². The zero-order valence-corrected chi connectivity index (χ0v) is 11.5. The molecule has 0 aromatic heterocycles. The molecule has 0 amide bonds. The van der Waals surface area contributed by atoms with Gasteiger partial charge in [-0.1, -0.05) is 19.4 Å². The van der Waals surface area contributed by atoms with Crippen LogP contribution in [0.3, 0.4) is 0 Å². The van der Waals surface area contributed by atoms with Crippen LogP contribution in [0.25, 0.3) is 0 Å². The summed E-state index contributed by atoms with van der Waals surface area (Å²) in [5.41, 5.74) is 1.03. The zero-order chi connectivity index (χ0) is 13.0. The average Bonchev–Trinajstić information content (AvgIpc) is 2.27. The van der Waals surface area contributed by atoms with Crippen molar-refractivity contribution in [3.8, 4) is 0 Å². The van der Waals surface area contributed by atoms with E-state index in [4.69, 9.17) is 0 Å². The summed E-state index contributed by atoms with van der Waals surface area (Å²) in [6.45, 7) is 6.36. The van der Waals surface area contributed by atoms with Crippen molar-refractivity contribution in [2.45, 2.75) is 40.0 Å². The summed E-state index contributed by atoms with van der Waals surface area (Å²) in [6.07, 6.45) is 4.83. The van der Waals surface area contributed by atoms with Crippen LogP contribution in [0.5, 0.6) is 0 Å². The lowest BCUT2D eigenvalue weighted by Gasteiger charge is -2.51. The summed E-state index contributed by atoms with van der Waals surface area (Å²) in [6, 6.07) is 0. The van der Waals surface area contributed by atoms with E-state index in [2.05, 4.69) is 13.8 Å². The van der Waals surface area contributed by atoms with Crippen molar-refractivity contribution in [3.63, 3.8) is 0 Å². The van der Waals surface area contributed by atoms with Crippen molar-refractivity contribution >= 4 is 11.6 Å². The van der Waals surface area contributed by atoms with Gasteiger partial charge in [-0.3, -0.25) is 9.59 Å². The molecule has 98 valence electrons. The van der Waals surface area contributed by atoms with Crippen molar-refractivity contribution < 1.29 is 9.59 Å². The predicted molar refractivity (Wildman–Crippen MR) is 69.9 cm³/mol. The van der Waals surface area contributed by atoms with Gasteiger partial charge in [-0.05, 0) is 49.5 Å². The summed E-state index contributed by atoms with van der Waals surface area (Å²) in [7, 11) is 0. The molecule has 2 saturated carbocycles. The van der Waals surface area contributed by atoms with Gasteiger partial charge in [-0.25, -0.2) is 0 Å². The van der Waals surface area contributed by atoms with Gasteiger partial charge in [0.25, 0.3) is 0 Å². The molecule has 3 unspecified atom stereocenters. The molecule has 0 aromatic carbocycles. The van der Waals surface area contributed by atoms with Gasteiger partial charge in [0, 0.05) is 18.3 Å². The summed E-state index contributed by atoms with van der Waals surface area (Å²) >= 11 is 0. The third kappa shape index (κ3) is 1.54. The Labute approximate surface area is 109 Å². The molecule has 6 atom stereocenters. The zero-order valence-electron chi connectivity index (χ0n) is 11.5. The molecule has 2 fully saturated rings. The van der Waals surface area contributed by atoms with Crippen molar-refractivity contribution in [2.75, 3.05) is 0 Å². The highest BCUT2D eigenvalue weighted by Crippen LogP contribution is 2.53. The van der Waals surface area contributed by atoms with Gasteiger partial charge in [0.15, 0.2) is 5.78 Å². The van der Waals surface area contributed by atoms with Crippen LogP contribution in [0.4, 0.5) is 0 Å². The molecular formula is C16H22O2.